The fourth-order valence-corrected chi connectivity index (χ4v) is 3.82. The molecule has 8 nitrogen and oxygen atoms in total. The summed E-state index contributed by atoms with van der Waals surface area (Å²) in [4.78, 5) is 23.6. The van der Waals surface area contributed by atoms with E-state index in [0.717, 1.165) is 35.9 Å². The van der Waals surface area contributed by atoms with Crippen LogP contribution in [0.25, 0.3) is 0 Å². The zero-order valence-electron chi connectivity index (χ0n) is 12.3. The molecule has 23 heavy (non-hydrogen) atoms. The molecule has 1 unspecified atom stereocenters. The van der Waals surface area contributed by atoms with Crippen molar-refractivity contribution in [1.29, 1.82) is 5.26 Å². The molecule has 1 N–H and O–H groups in total. The minimum absolute atomic E-state index is 0.169. The van der Waals surface area contributed by atoms with Gasteiger partial charge in [-0.3, -0.25) is 19.6 Å². The van der Waals surface area contributed by atoms with Crippen molar-refractivity contribution >= 4 is 27.9 Å². The molecule has 0 fully saturated rings. The largest absolute Gasteiger partial charge is 0.315 e. The Labute approximate surface area is 135 Å². The van der Waals surface area contributed by atoms with Crippen molar-refractivity contribution in [3.05, 3.63) is 38.5 Å². The van der Waals surface area contributed by atoms with E-state index < -0.39 is 11.0 Å². The van der Waals surface area contributed by atoms with Gasteiger partial charge in [-0.05, 0) is 31.7 Å². The number of aryl methyl sites for hydroxylation is 1. The van der Waals surface area contributed by atoms with Gasteiger partial charge in [0.1, 0.15) is 29.5 Å². The van der Waals surface area contributed by atoms with Crippen LogP contribution >= 0.6 is 11.3 Å². The SMILES string of the molecule is CC(C(=O)Nc1sc2c(c1C#N)CCC2)n1cc([N+](=O)[O-])cn1. The Balaban J connectivity index is 1.79. The summed E-state index contributed by atoms with van der Waals surface area (Å²) < 4.78 is 1.24. The van der Waals surface area contributed by atoms with Crippen molar-refractivity contribution in [2.75, 3.05) is 5.32 Å². The van der Waals surface area contributed by atoms with Crippen LogP contribution in [0.1, 0.15) is 35.4 Å². The first-order valence-electron chi connectivity index (χ1n) is 7.05. The van der Waals surface area contributed by atoms with Gasteiger partial charge >= 0.3 is 5.69 Å². The van der Waals surface area contributed by atoms with E-state index in [1.165, 1.54) is 22.2 Å². The van der Waals surface area contributed by atoms with Gasteiger partial charge in [0.15, 0.2) is 0 Å². The zero-order chi connectivity index (χ0) is 16.6. The summed E-state index contributed by atoms with van der Waals surface area (Å²) in [6.45, 7) is 1.60. The maximum atomic E-state index is 12.3. The van der Waals surface area contributed by atoms with Gasteiger partial charge in [-0.2, -0.15) is 10.4 Å². The number of nitro groups is 1. The number of rotatable bonds is 4. The molecule has 1 amide bonds. The van der Waals surface area contributed by atoms with Gasteiger partial charge in [-0.25, -0.2) is 0 Å². The number of nitrogens with one attached hydrogen (secondary N) is 1. The molecule has 2 aromatic rings. The lowest BCUT2D eigenvalue weighted by Crippen LogP contribution is -2.24. The molecule has 2 aromatic heterocycles. The van der Waals surface area contributed by atoms with Gasteiger partial charge in [0.25, 0.3) is 0 Å². The van der Waals surface area contributed by atoms with Crippen LogP contribution in [0.4, 0.5) is 10.7 Å². The monoisotopic (exact) mass is 331 g/mol. The van der Waals surface area contributed by atoms with E-state index >= 15 is 0 Å². The molecule has 0 bridgehead atoms. The van der Waals surface area contributed by atoms with E-state index in [1.807, 2.05) is 0 Å². The predicted molar refractivity (Wildman–Crippen MR) is 83.3 cm³/mol. The van der Waals surface area contributed by atoms with Crippen molar-refractivity contribution in [1.82, 2.24) is 9.78 Å². The number of fused-ring (bicyclic) bond motifs is 1. The maximum absolute atomic E-state index is 12.3. The molecule has 1 atom stereocenters. The molecule has 9 heteroatoms. The minimum Gasteiger partial charge on any atom is -0.315 e. The Kier molecular flexibility index (Phi) is 3.83. The van der Waals surface area contributed by atoms with Crippen LogP contribution in [0.5, 0.6) is 0 Å². The fourth-order valence-electron chi connectivity index (χ4n) is 2.58. The van der Waals surface area contributed by atoms with Gasteiger partial charge in [0.05, 0.1) is 10.5 Å². The first-order chi connectivity index (χ1) is 11.0. The first kappa shape index (κ1) is 15.2. The van der Waals surface area contributed by atoms with Gasteiger partial charge in [0, 0.05) is 4.88 Å². The molecule has 0 spiro atoms. The molecule has 0 saturated carbocycles. The highest BCUT2D eigenvalue weighted by Gasteiger charge is 2.25. The van der Waals surface area contributed by atoms with Crippen LogP contribution in [0.15, 0.2) is 12.4 Å². The van der Waals surface area contributed by atoms with E-state index in [0.29, 0.717) is 10.6 Å². The molecule has 3 rings (SSSR count). The summed E-state index contributed by atoms with van der Waals surface area (Å²) >= 11 is 1.43. The van der Waals surface area contributed by atoms with Crippen LogP contribution in [-0.4, -0.2) is 20.6 Å². The Bertz CT molecular complexity index is 832. The summed E-state index contributed by atoms with van der Waals surface area (Å²) in [6, 6.07) is 1.45. The molecule has 118 valence electrons. The lowest BCUT2D eigenvalue weighted by atomic mass is 10.1. The third-order valence-corrected chi connectivity index (χ3v) is 5.05. The number of hydrogen-bond donors (Lipinski definition) is 1. The third kappa shape index (κ3) is 2.68. The first-order valence-corrected chi connectivity index (χ1v) is 7.87. The second-order valence-corrected chi connectivity index (χ2v) is 6.38. The number of amides is 1. The number of aromatic nitrogens is 2. The van der Waals surface area contributed by atoms with Crippen LogP contribution in [0, 0.1) is 21.4 Å². The third-order valence-electron chi connectivity index (χ3n) is 3.84. The van der Waals surface area contributed by atoms with Gasteiger partial charge < -0.3 is 5.32 Å². The fraction of sp³-hybridized carbons (Fsp3) is 0.357. The van der Waals surface area contributed by atoms with E-state index in [1.54, 1.807) is 6.92 Å². The molecule has 0 aromatic carbocycles. The zero-order valence-corrected chi connectivity index (χ0v) is 13.1. The van der Waals surface area contributed by atoms with Gasteiger partial charge in [0.2, 0.25) is 5.91 Å². The van der Waals surface area contributed by atoms with E-state index in [4.69, 9.17) is 0 Å². The number of nitrogens with zero attached hydrogens (tertiary/aromatic N) is 4. The molecule has 0 saturated heterocycles. The summed E-state index contributed by atoms with van der Waals surface area (Å²) in [5, 5.41) is 27.1. The molecular weight excluding hydrogens is 318 g/mol. The predicted octanol–water partition coefficient (Wildman–Crippen LogP) is 2.41. The Morgan fingerprint density at radius 1 is 1.61 bits per heavy atom. The van der Waals surface area contributed by atoms with Crippen LogP contribution < -0.4 is 5.32 Å². The highest BCUT2D eigenvalue weighted by atomic mass is 32.1. The topological polar surface area (TPSA) is 114 Å². The Morgan fingerprint density at radius 2 is 2.39 bits per heavy atom. The second kappa shape index (κ2) is 5.81. The average Bonchev–Trinajstić information content (AvgIpc) is 3.21. The lowest BCUT2D eigenvalue weighted by Gasteiger charge is -2.11. The van der Waals surface area contributed by atoms with Crippen LogP contribution in [0.2, 0.25) is 0 Å². The summed E-state index contributed by atoms with van der Waals surface area (Å²) in [7, 11) is 0. The van der Waals surface area contributed by atoms with Crippen molar-refractivity contribution < 1.29 is 9.72 Å². The number of nitriles is 1. The molecule has 1 aliphatic carbocycles. The smallest absolute Gasteiger partial charge is 0.307 e. The summed E-state index contributed by atoms with van der Waals surface area (Å²) in [6.07, 6.45) is 5.16. The van der Waals surface area contributed by atoms with Crippen molar-refractivity contribution in [3.8, 4) is 6.07 Å². The number of carbonyl (C=O) groups is 1. The van der Waals surface area contributed by atoms with Crippen LogP contribution in [-0.2, 0) is 17.6 Å². The van der Waals surface area contributed by atoms with E-state index in [9.17, 15) is 20.2 Å². The van der Waals surface area contributed by atoms with Crippen molar-refractivity contribution in [2.45, 2.75) is 32.2 Å². The number of thiophene rings is 1. The minimum atomic E-state index is -0.716. The number of carbonyl (C=O) groups excluding carboxylic acids is 1. The van der Waals surface area contributed by atoms with Gasteiger partial charge in [-0.15, -0.1) is 11.3 Å². The maximum Gasteiger partial charge on any atom is 0.307 e. The van der Waals surface area contributed by atoms with Crippen LogP contribution in [0.3, 0.4) is 0 Å². The molecule has 1 aliphatic rings. The molecule has 0 aliphatic heterocycles. The average molecular weight is 331 g/mol. The van der Waals surface area contributed by atoms with Gasteiger partial charge in [-0.1, -0.05) is 0 Å². The van der Waals surface area contributed by atoms with Crippen molar-refractivity contribution in [2.24, 2.45) is 0 Å². The highest BCUT2D eigenvalue weighted by molar-refractivity contribution is 7.16. The molecular formula is C14H13N5O3S. The Morgan fingerprint density at radius 3 is 3.04 bits per heavy atom. The number of anilines is 1. The highest BCUT2D eigenvalue weighted by Crippen LogP contribution is 2.38. The summed E-state index contributed by atoms with van der Waals surface area (Å²) in [5.41, 5.74) is 1.40. The molecule has 2 heterocycles. The molecule has 0 radical (unpaired) electrons. The summed E-state index contributed by atoms with van der Waals surface area (Å²) in [5.74, 6) is -0.362. The van der Waals surface area contributed by atoms with E-state index in [2.05, 4.69) is 16.5 Å². The standard InChI is InChI=1S/C14H13N5O3S/c1-8(18-7-9(6-16-18)19(21)22)13(20)17-14-11(5-15)10-3-2-4-12(10)23-14/h6-8H,2-4H2,1H3,(H,17,20). The normalized spacial score (nSPS) is 14.1. The number of hydrogen-bond acceptors (Lipinski definition) is 6. The second-order valence-electron chi connectivity index (χ2n) is 5.27. The van der Waals surface area contributed by atoms with Crippen molar-refractivity contribution in [3.63, 3.8) is 0 Å². The lowest BCUT2D eigenvalue weighted by molar-refractivity contribution is -0.385. The van der Waals surface area contributed by atoms with E-state index in [-0.39, 0.29) is 11.6 Å². The Hall–Kier alpha value is -2.73. The quantitative estimate of drug-likeness (QED) is 0.682.